The Morgan fingerprint density at radius 3 is 2.82 bits per heavy atom. The first-order valence-corrected chi connectivity index (χ1v) is 8.13. The highest BCUT2D eigenvalue weighted by Gasteiger charge is 2.35. The molecule has 0 unspecified atom stereocenters. The molecule has 0 spiro atoms. The second kappa shape index (κ2) is 5.50. The third-order valence-corrected chi connectivity index (χ3v) is 4.63. The Balaban J connectivity index is 1.84. The highest BCUT2D eigenvalue weighted by molar-refractivity contribution is 9.10. The molecule has 1 aromatic carbocycles. The molecule has 2 aromatic rings. The molecule has 2 heterocycles. The van der Waals surface area contributed by atoms with Crippen molar-refractivity contribution >= 4 is 21.8 Å². The minimum atomic E-state index is -0.568. The number of carbonyl (C=O) groups excluding carboxylic acids is 1. The molecule has 0 bridgehead atoms. The van der Waals surface area contributed by atoms with E-state index in [9.17, 15) is 4.79 Å². The molecule has 116 valence electrons. The monoisotopic (exact) mass is 362 g/mol. The van der Waals surface area contributed by atoms with Crippen LogP contribution in [-0.2, 0) is 23.3 Å². The molecular formula is C16H19BrN4O. The van der Waals surface area contributed by atoms with Gasteiger partial charge in [-0.05, 0) is 38.5 Å². The molecule has 22 heavy (non-hydrogen) atoms. The fraction of sp³-hybridized carbons (Fsp3) is 0.438. The summed E-state index contributed by atoms with van der Waals surface area (Å²) in [4.78, 5) is 19.3. The van der Waals surface area contributed by atoms with Crippen molar-refractivity contribution in [3.8, 4) is 0 Å². The van der Waals surface area contributed by atoms with Gasteiger partial charge in [-0.3, -0.25) is 4.79 Å². The summed E-state index contributed by atoms with van der Waals surface area (Å²) in [6, 6.07) is 7.94. The largest absolute Gasteiger partial charge is 0.333 e. The summed E-state index contributed by atoms with van der Waals surface area (Å²) in [5.74, 6) is 1.75. The van der Waals surface area contributed by atoms with Gasteiger partial charge in [0, 0.05) is 11.0 Å². The van der Waals surface area contributed by atoms with Crippen LogP contribution in [0.2, 0.25) is 0 Å². The fourth-order valence-corrected chi connectivity index (χ4v) is 3.23. The molecule has 3 rings (SSSR count). The van der Waals surface area contributed by atoms with Crippen molar-refractivity contribution in [1.29, 1.82) is 0 Å². The number of halogens is 1. The summed E-state index contributed by atoms with van der Waals surface area (Å²) in [5, 5.41) is 4.34. The summed E-state index contributed by atoms with van der Waals surface area (Å²) in [7, 11) is 0. The third kappa shape index (κ3) is 2.67. The number of carbonyl (C=O) groups is 1. The highest BCUT2D eigenvalue weighted by Crippen LogP contribution is 2.29. The molecule has 0 fully saturated rings. The SMILES string of the molecule is Cc1nc2n(n1)CCN(C(=O)C(C)(C)c1cccc(Br)c1)C2. The normalized spacial score (nSPS) is 14.8. The van der Waals surface area contributed by atoms with E-state index in [1.54, 1.807) is 0 Å². The molecule has 0 saturated carbocycles. The summed E-state index contributed by atoms with van der Waals surface area (Å²) in [6.45, 7) is 7.73. The van der Waals surface area contributed by atoms with E-state index in [1.165, 1.54) is 0 Å². The summed E-state index contributed by atoms with van der Waals surface area (Å²) in [6.07, 6.45) is 0. The van der Waals surface area contributed by atoms with Crippen LogP contribution in [0.5, 0.6) is 0 Å². The van der Waals surface area contributed by atoms with Gasteiger partial charge in [0.15, 0.2) is 0 Å². The molecule has 0 radical (unpaired) electrons. The third-order valence-electron chi connectivity index (χ3n) is 4.14. The van der Waals surface area contributed by atoms with Gasteiger partial charge in [0.2, 0.25) is 5.91 Å². The van der Waals surface area contributed by atoms with Gasteiger partial charge >= 0.3 is 0 Å². The topological polar surface area (TPSA) is 51.0 Å². The van der Waals surface area contributed by atoms with Crippen molar-refractivity contribution in [3.63, 3.8) is 0 Å². The van der Waals surface area contributed by atoms with Crippen molar-refractivity contribution in [3.05, 3.63) is 46.0 Å². The van der Waals surface area contributed by atoms with Gasteiger partial charge in [0.05, 0.1) is 18.5 Å². The van der Waals surface area contributed by atoms with Crippen molar-refractivity contribution in [1.82, 2.24) is 19.7 Å². The molecule has 5 nitrogen and oxygen atoms in total. The smallest absolute Gasteiger partial charge is 0.233 e. The second-order valence-corrected chi connectivity index (χ2v) is 7.08. The van der Waals surface area contributed by atoms with Crippen LogP contribution >= 0.6 is 15.9 Å². The van der Waals surface area contributed by atoms with E-state index in [0.717, 1.165) is 21.7 Å². The maximum Gasteiger partial charge on any atom is 0.233 e. The first-order chi connectivity index (χ1) is 10.4. The lowest BCUT2D eigenvalue weighted by atomic mass is 9.83. The second-order valence-electron chi connectivity index (χ2n) is 6.16. The minimum absolute atomic E-state index is 0.123. The molecule has 1 aliphatic heterocycles. The maximum absolute atomic E-state index is 13.0. The number of aryl methyl sites for hydroxylation is 1. The Hall–Kier alpha value is -1.69. The molecule has 1 aromatic heterocycles. The van der Waals surface area contributed by atoms with E-state index in [0.29, 0.717) is 19.6 Å². The van der Waals surface area contributed by atoms with E-state index in [2.05, 4.69) is 26.0 Å². The van der Waals surface area contributed by atoms with Crippen LogP contribution in [0.1, 0.15) is 31.1 Å². The van der Waals surface area contributed by atoms with E-state index >= 15 is 0 Å². The van der Waals surface area contributed by atoms with Gasteiger partial charge in [0.25, 0.3) is 0 Å². The molecule has 0 saturated heterocycles. The van der Waals surface area contributed by atoms with Crippen LogP contribution in [0.25, 0.3) is 0 Å². The summed E-state index contributed by atoms with van der Waals surface area (Å²) >= 11 is 3.48. The van der Waals surface area contributed by atoms with Gasteiger partial charge in [0.1, 0.15) is 11.6 Å². The van der Waals surface area contributed by atoms with E-state index in [-0.39, 0.29) is 5.91 Å². The molecule has 0 aliphatic carbocycles. The predicted molar refractivity (Wildman–Crippen MR) is 87.3 cm³/mol. The van der Waals surface area contributed by atoms with Gasteiger partial charge in [-0.2, -0.15) is 5.10 Å². The van der Waals surface area contributed by atoms with Crippen LogP contribution in [0.3, 0.4) is 0 Å². The molecule has 6 heteroatoms. The van der Waals surface area contributed by atoms with Crippen LogP contribution in [0.15, 0.2) is 28.7 Å². The van der Waals surface area contributed by atoms with Crippen LogP contribution < -0.4 is 0 Å². The molecular weight excluding hydrogens is 344 g/mol. The van der Waals surface area contributed by atoms with Crippen LogP contribution in [0.4, 0.5) is 0 Å². The number of hydrogen-bond acceptors (Lipinski definition) is 3. The van der Waals surface area contributed by atoms with Crippen molar-refractivity contribution < 1.29 is 4.79 Å². The van der Waals surface area contributed by atoms with E-state index in [1.807, 2.05) is 54.6 Å². The molecule has 1 amide bonds. The fourth-order valence-electron chi connectivity index (χ4n) is 2.83. The Labute approximate surface area is 138 Å². The van der Waals surface area contributed by atoms with E-state index < -0.39 is 5.41 Å². The number of nitrogens with zero attached hydrogens (tertiary/aromatic N) is 4. The highest BCUT2D eigenvalue weighted by atomic mass is 79.9. The number of benzene rings is 1. The number of hydrogen-bond donors (Lipinski definition) is 0. The van der Waals surface area contributed by atoms with Crippen LogP contribution in [-0.4, -0.2) is 32.1 Å². The van der Waals surface area contributed by atoms with Gasteiger partial charge in [-0.25, -0.2) is 9.67 Å². The Morgan fingerprint density at radius 2 is 2.09 bits per heavy atom. The number of rotatable bonds is 2. The minimum Gasteiger partial charge on any atom is -0.333 e. The van der Waals surface area contributed by atoms with Crippen LogP contribution in [0, 0.1) is 6.92 Å². The van der Waals surface area contributed by atoms with Crippen molar-refractivity contribution in [2.24, 2.45) is 0 Å². The molecule has 0 atom stereocenters. The number of fused-ring (bicyclic) bond motifs is 1. The summed E-state index contributed by atoms with van der Waals surface area (Å²) in [5.41, 5.74) is 0.441. The van der Waals surface area contributed by atoms with Crippen molar-refractivity contribution in [2.45, 2.75) is 39.3 Å². The quantitative estimate of drug-likeness (QED) is 0.824. The van der Waals surface area contributed by atoms with Gasteiger partial charge < -0.3 is 4.90 Å². The van der Waals surface area contributed by atoms with Gasteiger partial charge in [-0.1, -0.05) is 28.1 Å². The maximum atomic E-state index is 13.0. The average Bonchev–Trinajstić information content (AvgIpc) is 2.85. The molecule has 0 N–H and O–H groups in total. The average molecular weight is 363 g/mol. The molecule has 1 aliphatic rings. The first-order valence-electron chi connectivity index (χ1n) is 7.33. The van der Waals surface area contributed by atoms with Crippen molar-refractivity contribution in [2.75, 3.05) is 6.54 Å². The Kier molecular flexibility index (Phi) is 3.80. The summed E-state index contributed by atoms with van der Waals surface area (Å²) < 4.78 is 2.88. The zero-order valence-electron chi connectivity index (χ0n) is 13.0. The lowest BCUT2D eigenvalue weighted by molar-refractivity contribution is -0.137. The zero-order valence-corrected chi connectivity index (χ0v) is 14.6. The number of amides is 1. The number of aromatic nitrogens is 3. The zero-order chi connectivity index (χ0) is 15.9. The lowest BCUT2D eigenvalue weighted by Crippen LogP contribution is -2.47. The standard InChI is InChI=1S/C16H19BrN4O/c1-11-18-14-10-20(7-8-21(14)19-11)15(22)16(2,3)12-5-4-6-13(17)9-12/h4-6,9H,7-8,10H2,1-3H3. The lowest BCUT2D eigenvalue weighted by Gasteiger charge is -2.34. The predicted octanol–water partition coefficient (Wildman–Crippen LogP) is 2.67. The Morgan fingerprint density at radius 1 is 1.32 bits per heavy atom. The van der Waals surface area contributed by atoms with E-state index in [4.69, 9.17) is 0 Å². The first kappa shape index (κ1) is 15.2. The Bertz CT molecular complexity index is 723. The van der Waals surface area contributed by atoms with Gasteiger partial charge in [-0.15, -0.1) is 0 Å².